The summed E-state index contributed by atoms with van der Waals surface area (Å²) in [5.74, 6) is 0.814. The normalized spacial score (nSPS) is 12.0. The van der Waals surface area contributed by atoms with E-state index in [4.69, 9.17) is 16.3 Å². The highest BCUT2D eigenvalue weighted by Crippen LogP contribution is 2.33. The van der Waals surface area contributed by atoms with Crippen molar-refractivity contribution in [2.24, 2.45) is 0 Å². The minimum absolute atomic E-state index is 0.0901. The molecule has 0 bridgehead atoms. The molecule has 2 aromatic carbocycles. The Balaban J connectivity index is 2.23. The molecule has 2 N–H and O–H groups in total. The molecule has 2 rings (SSSR count). The van der Waals surface area contributed by atoms with Gasteiger partial charge in [-0.05, 0) is 37.3 Å². The second-order valence-corrected chi connectivity index (χ2v) is 5.74. The molecule has 0 spiro atoms. The number of nitrogens with one attached hydrogen (secondary N) is 1. The van der Waals surface area contributed by atoms with E-state index in [1.54, 1.807) is 13.2 Å². The summed E-state index contributed by atoms with van der Waals surface area (Å²) in [6, 6.07) is 10.7. The van der Waals surface area contributed by atoms with Crippen LogP contribution in [-0.2, 0) is 0 Å². The van der Waals surface area contributed by atoms with Crippen LogP contribution in [-0.4, -0.2) is 12.2 Å². The van der Waals surface area contributed by atoms with Crippen LogP contribution in [0.3, 0.4) is 0 Å². The Morgan fingerprint density at radius 3 is 2.65 bits per heavy atom. The highest BCUT2D eigenvalue weighted by Gasteiger charge is 2.12. The molecule has 0 radical (unpaired) electrons. The van der Waals surface area contributed by atoms with Crippen molar-refractivity contribution >= 4 is 33.2 Å². The van der Waals surface area contributed by atoms with Crippen LogP contribution in [0.4, 0.5) is 5.69 Å². The first-order chi connectivity index (χ1) is 9.51. The van der Waals surface area contributed by atoms with E-state index in [9.17, 15) is 5.11 Å². The van der Waals surface area contributed by atoms with E-state index < -0.39 is 0 Å². The number of hydrogen-bond acceptors (Lipinski definition) is 3. The van der Waals surface area contributed by atoms with Crippen molar-refractivity contribution in [3.63, 3.8) is 0 Å². The third kappa shape index (κ3) is 3.38. The van der Waals surface area contributed by atoms with E-state index in [0.29, 0.717) is 10.8 Å². The summed E-state index contributed by atoms with van der Waals surface area (Å²) in [7, 11) is 1.57. The van der Waals surface area contributed by atoms with Gasteiger partial charge in [-0.15, -0.1) is 0 Å². The molecule has 1 atom stereocenters. The molecule has 106 valence electrons. The zero-order valence-corrected chi connectivity index (χ0v) is 13.5. The van der Waals surface area contributed by atoms with Crippen molar-refractivity contribution in [2.75, 3.05) is 12.4 Å². The summed E-state index contributed by atoms with van der Waals surface area (Å²) in [6.45, 7) is 1.96. The van der Waals surface area contributed by atoms with Crippen molar-refractivity contribution in [1.82, 2.24) is 0 Å². The minimum atomic E-state index is -0.0901. The van der Waals surface area contributed by atoms with Gasteiger partial charge in [0.25, 0.3) is 0 Å². The predicted octanol–water partition coefficient (Wildman–Crippen LogP) is 4.99. The fourth-order valence-electron chi connectivity index (χ4n) is 1.94. The maximum atomic E-state index is 10.0. The molecule has 3 nitrogen and oxygen atoms in total. The minimum Gasteiger partial charge on any atom is -0.507 e. The number of ether oxygens (including phenoxy) is 1. The van der Waals surface area contributed by atoms with Crippen molar-refractivity contribution in [3.8, 4) is 11.5 Å². The standard InChI is InChI=1S/C15H15BrClNO2/c1-9(12-5-4-11(20-2)8-15(12)19)18-14-7-10(16)3-6-13(14)17/h3-9,18-19H,1-2H3. The van der Waals surface area contributed by atoms with Gasteiger partial charge in [-0.25, -0.2) is 0 Å². The van der Waals surface area contributed by atoms with Gasteiger partial charge in [0.15, 0.2) is 0 Å². The Hall–Kier alpha value is -1.39. The van der Waals surface area contributed by atoms with Crippen LogP contribution in [0.25, 0.3) is 0 Å². The number of methoxy groups -OCH3 is 1. The second-order valence-electron chi connectivity index (χ2n) is 4.41. The van der Waals surface area contributed by atoms with Gasteiger partial charge in [-0.1, -0.05) is 27.5 Å². The van der Waals surface area contributed by atoms with E-state index in [1.807, 2.05) is 37.3 Å². The topological polar surface area (TPSA) is 41.5 Å². The molecule has 0 heterocycles. The van der Waals surface area contributed by atoms with Crippen LogP contribution in [0, 0.1) is 0 Å². The van der Waals surface area contributed by atoms with Gasteiger partial charge < -0.3 is 15.2 Å². The largest absolute Gasteiger partial charge is 0.507 e. The fraction of sp³-hybridized carbons (Fsp3) is 0.200. The van der Waals surface area contributed by atoms with Crippen LogP contribution in [0.15, 0.2) is 40.9 Å². The number of aromatic hydroxyl groups is 1. The van der Waals surface area contributed by atoms with E-state index >= 15 is 0 Å². The second kappa shape index (κ2) is 6.37. The molecule has 0 aromatic heterocycles. The number of anilines is 1. The molecule has 2 aromatic rings. The van der Waals surface area contributed by atoms with Crippen LogP contribution in [0.2, 0.25) is 5.02 Å². The van der Waals surface area contributed by atoms with Gasteiger partial charge in [0, 0.05) is 16.1 Å². The maximum Gasteiger partial charge on any atom is 0.124 e. The smallest absolute Gasteiger partial charge is 0.124 e. The number of hydrogen-bond donors (Lipinski definition) is 2. The van der Waals surface area contributed by atoms with E-state index in [-0.39, 0.29) is 11.8 Å². The quantitative estimate of drug-likeness (QED) is 0.811. The van der Waals surface area contributed by atoms with Crippen LogP contribution < -0.4 is 10.1 Å². The molecular weight excluding hydrogens is 342 g/mol. The summed E-state index contributed by atoms with van der Waals surface area (Å²) >= 11 is 9.56. The maximum absolute atomic E-state index is 10.0. The van der Waals surface area contributed by atoms with Crippen LogP contribution in [0.5, 0.6) is 11.5 Å². The summed E-state index contributed by atoms with van der Waals surface area (Å²) in [5, 5.41) is 13.9. The predicted molar refractivity (Wildman–Crippen MR) is 85.8 cm³/mol. The highest BCUT2D eigenvalue weighted by atomic mass is 79.9. The molecule has 0 saturated heterocycles. The zero-order chi connectivity index (χ0) is 14.7. The summed E-state index contributed by atoms with van der Waals surface area (Å²) in [5.41, 5.74) is 1.59. The van der Waals surface area contributed by atoms with Crippen LogP contribution >= 0.6 is 27.5 Å². The first kappa shape index (κ1) is 15.0. The number of phenols is 1. The third-order valence-corrected chi connectivity index (χ3v) is 3.83. The monoisotopic (exact) mass is 355 g/mol. The van der Waals surface area contributed by atoms with E-state index in [2.05, 4.69) is 21.2 Å². The van der Waals surface area contributed by atoms with Gasteiger partial charge in [0.05, 0.1) is 23.9 Å². The number of rotatable bonds is 4. The number of phenolic OH excluding ortho intramolecular Hbond substituents is 1. The van der Waals surface area contributed by atoms with Gasteiger partial charge in [0.1, 0.15) is 11.5 Å². The van der Waals surface area contributed by atoms with Crippen molar-refractivity contribution in [1.29, 1.82) is 0 Å². The molecule has 5 heteroatoms. The third-order valence-electron chi connectivity index (χ3n) is 3.00. The Labute approximate surface area is 131 Å². The lowest BCUT2D eigenvalue weighted by Crippen LogP contribution is -2.07. The molecular formula is C15H15BrClNO2. The first-order valence-electron chi connectivity index (χ1n) is 6.09. The molecule has 0 amide bonds. The van der Waals surface area contributed by atoms with Crippen molar-refractivity contribution in [2.45, 2.75) is 13.0 Å². The van der Waals surface area contributed by atoms with Gasteiger partial charge in [0.2, 0.25) is 0 Å². The zero-order valence-electron chi connectivity index (χ0n) is 11.2. The molecule has 20 heavy (non-hydrogen) atoms. The number of benzene rings is 2. The van der Waals surface area contributed by atoms with E-state index in [1.165, 1.54) is 0 Å². The van der Waals surface area contributed by atoms with Gasteiger partial charge in [-0.3, -0.25) is 0 Å². The first-order valence-corrected chi connectivity index (χ1v) is 7.27. The van der Waals surface area contributed by atoms with Gasteiger partial charge in [-0.2, -0.15) is 0 Å². The molecule has 0 saturated carbocycles. The SMILES string of the molecule is COc1ccc(C(C)Nc2cc(Br)ccc2Cl)c(O)c1. The van der Waals surface area contributed by atoms with Crippen LogP contribution in [0.1, 0.15) is 18.5 Å². The van der Waals surface area contributed by atoms with Gasteiger partial charge >= 0.3 is 0 Å². The Morgan fingerprint density at radius 1 is 1.25 bits per heavy atom. The lowest BCUT2D eigenvalue weighted by molar-refractivity contribution is 0.406. The molecule has 0 aliphatic rings. The average Bonchev–Trinajstić information content (AvgIpc) is 2.42. The fourth-order valence-corrected chi connectivity index (χ4v) is 2.47. The summed E-state index contributed by atoms with van der Waals surface area (Å²) in [4.78, 5) is 0. The van der Waals surface area contributed by atoms with E-state index in [0.717, 1.165) is 15.7 Å². The Kier molecular flexibility index (Phi) is 4.78. The van der Waals surface area contributed by atoms with Crippen molar-refractivity contribution in [3.05, 3.63) is 51.5 Å². The molecule has 0 aliphatic heterocycles. The molecule has 0 aliphatic carbocycles. The number of halogens is 2. The average molecular weight is 357 g/mol. The lowest BCUT2D eigenvalue weighted by atomic mass is 10.1. The summed E-state index contributed by atoms with van der Waals surface area (Å²) in [6.07, 6.45) is 0. The summed E-state index contributed by atoms with van der Waals surface area (Å²) < 4.78 is 6.02. The lowest BCUT2D eigenvalue weighted by Gasteiger charge is -2.18. The van der Waals surface area contributed by atoms with Crippen molar-refractivity contribution < 1.29 is 9.84 Å². The Bertz CT molecular complexity index is 619. The Morgan fingerprint density at radius 2 is 2.00 bits per heavy atom. The highest BCUT2D eigenvalue weighted by molar-refractivity contribution is 9.10. The molecule has 0 fully saturated rings. The molecule has 1 unspecified atom stereocenters.